The van der Waals surface area contributed by atoms with Crippen LogP contribution in [0.4, 0.5) is 0 Å². The second-order valence-electron chi connectivity index (χ2n) is 4.65. The van der Waals surface area contributed by atoms with Crippen LogP contribution in [-0.4, -0.2) is 61.5 Å². The van der Waals surface area contributed by atoms with E-state index in [1.54, 1.807) is 0 Å². The van der Waals surface area contributed by atoms with E-state index in [-0.39, 0.29) is 81.4 Å². The van der Waals surface area contributed by atoms with E-state index in [0.29, 0.717) is 0 Å². The van der Waals surface area contributed by atoms with Crippen molar-refractivity contribution in [2.24, 2.45) is 0 Å². The summed E-state index contributed by atoms with van der Waals surface area (Å²) in [6.45, 7) is -0.578. The number of hydrogen-bond donors (Lipinski definition) is 3. The molecule has 0 atom stereocenters. The molecule has 1 rings (SSSR count). The van der Waals surface area contributed by atoms with E-state index < -0.39 is 27.0 Å². The van der Waals surface area contributed by atoms with Gasteiger partial charge in [-0.1, -0.05) is 0 Å². The largest absolute Gasteiger partial charge is 1.00 e. The molecule has 1 aromatic rings. The smallest absolute Gasteiger partial charge is 1.00 e. The molecule has 0 saturated carbocycles. The molecular formula is C14H19NaO9S. The second-order valence-corrected chi connectivity index (χ2v) is 6.07. The average molecular weight is 386 g/mol. The van der Waals surface area contributed by atoms with Crippen LogP contribution in [0, 0.1) is 0 Å². The number of carbonyl (C=O) groups excluding carboxylic acids is 2. The first kappa shape index (κ1) is 24.0. The Morgan fingerprint density at radius 2 is 1.32 bits per heavy atom. The molecule has 0 amide bonds. The topological polar surface area (TPSA) is 147 Å². The average Bonchev–Trinajstić information content (AvgIpc) is 2.53. The SMILES string of the molecule is O=C(OCCCO)c1cc(C(=O)OCCCO)cc(S(=O)(=O)O)c1.[H-].[Na+]. The zero-order valence-electron chi connectivity index (χ0n) is 14.7. The molecule has 0 aliphatic carbocycles. The van der Waals surface area contributed by atoms with E-state index in [9.17, 15) is 18.0 Å². The van der Waals surface area contributed by atoms with Gasteiger partial charge >= 0.3 is 41.5 Å². The van der Waals surface area contributed by atoms with Crippen molar-refractivity contribution in [3.63, 3.8) is 0 Å². The third kappa shape index (κ3) is 8.27. The Morgan fingerprint density at radius 3 is 1.64 bits per heavy atom. The zero-order chi connectivity index (χ0) is 18.2. The van der Waals surface area contributed by atoms with Gasteiger partial charge in [-0.3, -0.25) is 4.55 Å². The zero-order valence-corrected chi connectivity index (χ0v) is 16.5. The van der Waals surface area contributed by atoms with Gasteiger partial charge in [0.15, 0.2) is 0 Å². The maximum absolute atomic E-state index is 11.9. The molecule has 11 heteroatoms. The third-order valence-electron chi connectivity index (χ3n) is 2.75. The molecule has 136 valence electrons. The molecule has 0 fully saturated rings. The van der Waals surface area contributed by atoms with Crippen molar-refractivity contribution in [2.75, 3.05) is 26.4 Å². The maximum Gasteiger partial charge on any atom is 1.00 e. The quantitative estimate of drug-likeness (QED) is 0.176. The van der Waals surface area contributed by atoms with Crippen LogP contribution >= 0.6 is 0 Å². The monoisotopic (exact) mass is 386 g/mol. The van der Waals surface area contributed by atoms with Crippen molar-refractivity contribution in [3.05, 3.63) is 29.3 Å². The molecule has 0 aliphatic heterocycles. The summed E-state index contributed by atoms with van der Waals surface area (Å²) >= 11 is 0. The van der Waals surface area contributed by atoms with Gasteiger partial charge in [-0.25, -0.2) is 9.59 Å². The standard InChI is InChI=1S/C14H18O9S.Na.H/c15-3-1-5-22-13(17)10-7-11(14(18)23-6-2-4-16)9-12(8-10)24(19,20)21;;/h7-9,15-16H,1-6H2,(H,19,20,21);;/q;+1;-1. The number of aliphatic hydroxyl groups excluding tert-OH is 2. The molecule has 25 heavy (non-hydrogen) atoms. The number of aliphatic hydroxyl groups is 2. The summed E-state index contributed by atoms with van der Waals surface area (Å²) in [6, 6.07) is 2.79. The van der Waals surface area contributed by atoms with Crippen LogP contribution in [0.5, 0.6) is 0 Å². The number of ether oxygens (including phenoxy) is 2. The molecule has 3 N–H and O–H groups in total. The first-order valence-electron chi connectivity index (χ1n) is 6.98. The van der Waals surface area contributed by atoms with E-state index in [4.69, 9.17) is 24.2 Å². The van der Waals surface area contributed by atoms with Gasteiger partial charge in [-0.15, -0.1) is 0 Å². The summed E-state index contributed by atoms with van der Waals surface area (Å²) in [5, 5.41) is 17.3. The molecule has 0 unspecified atom stereocenters. The number of carbonyl (C=O) groups is 2. The van der Waals surface area contributed by atoms with Gasteiger partial charge < -0.3 is 21.1 Å². The maximum atomic E-state index is 11.9. The summed E-state index contributed by atoms with van der Waals surface area (Å²) in [4.78, 5) is 23.1. The minimum absolute atomic E-state index is 0. The van der Waals surface area contributed by atoms with E-state index in [1.165, 1.54) is 0 Å². The van der Waals surface area contributed by atoms with Gasteiger partial charge in [0.1, 0.15) is 0 Å². The minimum Gasteiger partial charge on any atom is -1.00 e. The molecule has 9 nitrogen and oxygen atoms in total. The van der Waals surface area contributed by atoms with Crippen LogP contribution < -0.4 is 29.6 Å². The molecular weight excluding hydrogens is 367 g/mol. The summed E-state index contributed by atoms with van der Waals surface area (Å²) in [5.74, 6) is -1.84. The Labute approximate surface area is 168 Å². The van der Waals surface area contributed by atoms with Crippen molar-refractivity contribution < 1.29 is 73.2 Å². The predicted octanol–water partition coefficient (Wildman–Crippen LogP) is -2.87. The molecule has 0 radical (unpaired) electrons. The van der Waals surface area contributed by atoms with Gasteiger partial charge in [-0.2, -0.15) is 8.42 Å². The normalized spacial score (nSPS) is 10.7. The molecule has 0 bridgehead atoms. The van der Waals surface area contributed by atoms with Gasteiger partial charge in [-0.05, 0) is 18.2 Å². The Balaban J connectivity index is 0. The van der Waals surface area contributed by atoms with E-state index in [1.807, 2.05) is 0 Å². The number of benzene rings is 1. The fourth-order valence-corrected chi connectivity index (χ4v) is 2.16. The van der Waals surface area contributed by atoms with Crippen LogP contribution in [0.25, 0.3) is 0 Å². The van der Waals surface area contributed by atoms with Crippen molar-refractivity contribution >= 4 is 22.1 Å². The predicted molar refractivity (Wildman–Crippen MR) is 81.3 cm³/mol. The fourth-order valence-electron chi connectivity index (χ4n) is 1.61. The van der Waals surface area contributed by atoms with Crippen LogP contribution in [0.3, 0.4) is 0 Å². The molecule has 0 saturated heterocycles. The van der Waals surface area contributed by atoms with Crippen molar-refractivity contribution in [2.45, 2.75) is 17.7 Å². The first-order valence-corrected chi connectivity index (χ1v) is 8.42. The van der Waals surface area contributed by atoms with E-state index >= 15 is 0 Å². The van der Waals surface area contributed by atoms with Gasteiger partial charge in [0.2, 0.25) is 0 Å². The Bertz CT molecular complexity index is 653. The summed E-state index contributed by atoms with van der Waals surface area (Å²) in [6.07, 6.45) is 0.388. The van der Waals surface area contributed by atoms with Crippen molar-refractivity contribution in [1.29, 1.82) is 0 Å². The molecule has 0 heterocycles. The Hall–Kier alpha value is -1.01. The second kappa shape index (κ2) is 11.6. The Kier molecular flexibility index (Phi) is 11.1. The van der Waals surface area contributed by atoms with Crippen molar-refractivity contribution in [1.82, 2.24) is 0 Å². The van der Waals surface area contributed by atoms with Gasteiger partial charge in [0.05, 0.1) is 29.2 Å². The fraction of sp³-hybridized carbons (Fsp3) is 0.429. The first-order chi connectivity index (χ1) is 11.3. The van der Waals surface area contributed by atoms with Crippen molar-refractivity contribution in [3.8, 4) is 0 Å². The van der Waals surface area contributed by atoms with Gasteiger partial charge in [0, 0.05) is 26.1 Å². The summed E-state index contributed by atoms with van der Waals surface area (Å²) in [5.41, 5.74) is -0.533. The number of hydrogen-bond acceptors (Lipinski definition) is 8. The summed E-state index contributed by atoms with van der Waals surface area (Å²) < 4.78 is 41.3. The van der Waals surface area contributed by atoms with E-state index in [0.717, 1.165) is 18.2 Å². The molecule has 0 aromatic heterocycles. The Morgan fingerprint density at radius 1 is 0.920 bits per heavy atom. The van der Waals surface area contributed by atoms with Gasteiger partial charge in [0.25, 0.3) is 10.1 Å². The molecule has 1 aromatic carbocycles. The van der Waals surface area contributed by atoms with Crippen LogP contribution in [0.1, 0.15) is 35.0 Å². The van der Waals surface area contributed by atoms with Crippen LogP contribution in [0.15, 0.2) is 23.1 Å². The number of rotatable bonds is 9. The van der Waals surface area contributed by atoms with Crippen LogP contribution in [-0.2, 0) is 19.6 Å². The molecule has 0 spiro atoms. The summed E-state index contributed by atoms with van der Waals surface area (Å²) in [7, 11) is -4.66. The minimum atomic E-state index is -4.66. The van der Waals surface area contributed by atoms with E-state index in [2.05, 4.69) is 0 Å². The third-order valence-corrected chi connectivity index (χ3v) is 3.58. The molecule has 0 aliphatic rings. The number of esters is 2. The van der Waals surface area contributed by atoms with Crippen LogP contribution in [0.2, 0.25) is 0 Å².